The van der Waals surface area contributed by atoms with Crippen molar-refractivity contribution < 1.29 is 19.4 Å². The van der Waals surface area contributed by atoms with E-state index in [9.17, 15) is 9.90 Å². The number of benzene rings is 1. The summed E-state index contributed by atoms with van der Waals surface area (Å²) >= 11 is 18.1. The number of rotatable bonds is 3. The fourth-order valence-electron chi connectivity index (χ4n) is 2.55. The van der Waals surface area contributed by atoms with Crippen LogP contribution in [0, 0.1) is 3.95 Å². The number of carbonyl (C=O) groups is 1. The van der Waals surface area contributed by atoms with Crippen molar-refractivity contribution in [1.29, 1.82) is 0 Å². The zero-order chi connectivity index (χ0) is 20.7. The van der Waals surface area contributed by atoms with Gasteiger partial charge in [0.15, 0.2) is 25.5 Å². The van der Waals surface area contributed by atoms with Crippen LogP contribution < -0.4 is 10.8 Å². The van der Waals surface area contributed by atoms with Gasteiger partial charge < -0.3 is 14.6 Å². The molecule has 0 fully saturated rings. The third-order valence-electron chi connectivity index (χ3n) is 3.88. The highest BCUT2D eigenvalue weighted by atomic mass is 35.5. The van der Waals surface area contributed by atoms with Gasteiger partial charge in [0.05, 0.1) is 16.1 Å². The van der Waals surface area contributed by atoms with Crippen molar-refractivity contribution in [3.8, 4) is 11.6 Å². The van der Waals surface area contributed by atoms with E-state index < -0.39 is 5.97 Å². The van der Waals surface area contributed by atoms with E-state index in [1.165, 1.54) is 28.0 Å². The molecule has 0 unspecified atom stereocenters. The molecule has 0 bridgehead atoms. The molecule has 1 aromatic carbocycles. The van der Waals surface area contributed by atoms with E-state index >= 15 is 0 Å². The van der Waals surface area contributed by atoms with Crippen LogP contribution in [-0.2, 0) is 0 Å². The first-order valence-electron chi connectivity index (χ1n) is 7.92. The van der Waals surface area contributed by atoms with Crippen LogP contribution in [-0.4, -0.2) is 31.1 Å². The number of nitrogens with zero attached hydrogens (tertiary/aromatic N) is 3. The summed E-state index contributed by atoms with van der Waals surface area (Å²) in [6.07, 6.45) is 1.62. The molecule has 0 aliphatic carbocycles. The number of aliphatic imine (C=N–C) groups is 2. The van der Waals surface area contributed by atoms with Crippen LogP contribution in [0.15, 0.2) is 50.8 Å². The number of aromatic carboxylic acids is 1. The van der Waals surface area contributed by atoms with Gasteiger partial charge >= 0.3 is 5.97 Å². The first-order chi connectivity index (χ1) is 13.8. The third kappa shape index (κ3) is 3.77. The summed E-state index contributed by atoms with van der Waals surface area (Å²) in [7, 11) is 0. The lowest BCUT2D eigenvalue weighted by atomic mass is 10.2. The summed E-state index contributed by atoms with van der Waals surface area (Å²) < 4.78 is 7.52. The fraction of sp³-hybridized carbons (Fsp3) is 0. The molecule has 0 atom stereocenters. The molecule has 1 aliphatic heterocycles. The minimum atomic E-state index is -1.03. The monoisotopic (exact) mass is 465 g/mol. The highest BCUT2D eigenvalue weighted by Crippen LogP contribution is 2.30. The number of furan rings is 1. The van der Waals surface area contributed by atoms with Crippen LogP contribution in [0.25, 0.3) is 17.6 Å². The van der Waals surface area contributed by atoms with Gasteiger partial charge in [0.2, 0.25) is 5.88 Å². The molecule has 11 heteroatoms. The second-order valence-corrected chi connectivity index (χ2v) is 8.11. The molecular weight excluding hydrogens is 457 g/mol. The fourth-order valence-corrected chi connectivity index (χ4v) is 4.08. The summed E-state index contributed by atoms with van der Waals surface area (Å²) in [6, 6.07) is 9.36. The topological polar surface area (TPSA) is 100 Å². The van der Waals surface area contributed by atoms with Crippen LogP contribution in [0.1, 0.15) is 15.2 Å². The predicted molar refractivity (Wildman–Crippen MR) is 115 cm³/mol. The molecule has 29 heavy (non-hydrogen) atoms. The molecule has 0 saturated carbocycles. The number of carboxylic acids is 1. The largest absolute Gasteiger partial charge is 0.493 e. The van der Waals surface area contributed by atoms with Gasteiger partial charge in [0.1, 0.15) is 5.42 Å². The zero-order valence-corrected chi connectivity index (χ0v) is 17.3. The lowest BCUT2D eigenvalue weighted by Crippen LogP contribution is -2.02. The minimum Gasteiger partial charge on any atom is -0.493 e. The number of aromatic nitrogens is 1. The third-order valence-corrected chi connectivity index (χ3v) is 5.82. The smallest absolute Gasteiger partial charge is 0.335 e. The van der Waals surface area contributed by atoms with Gasteiger partial charge in [-0.3, -0.25) is 4.57 Å². The Hall–Kier alpha value is -2.72. The first-order valence-corrected chi connectivity index (χ1v) is 9.91. The van der Waals surface area contributed by atoms with Crippen molar-refractivity contribution >= 4 is 75.0 Å². The number of hydrogen-bond acceptors (Lipinski definition) is 7. The van der Waals surface area contributed by atoms with E-state index in [4.69, 9.17) is 44.9 Å². The van der Waals surface area contributed by atoms with Crippen molar-refractivity contribution in [3.63, 3.8) is 0 Å². The van der Waals surface area contributed by atoms with Gasteiger partial charge in [-0.15, -0.1) is 11.3 Å². The quantitative estimate of drug-likeness (QED) is 0.576. The van der Waals surface area contributed by atoms with Crippen LogP contribution >= 0.6 is 46.8 Å². The van der Waals surface area contributed by atoms with Crippen molar-refractivity contribution in [1.82, 2.24) is 4.57 Å². The summed E-state index contributed by atoms with van der Waals surface area (Å²) in [5.74, 6) is -0.863. The van der Waals surface area contributed by atoms with E-state index in [1.807, 2.05) is 0 Å². The number of carboxylic acid groups (broad SMARTS) is 1. The number of hydrogen-bond donors (Lipinski definition) is 2. The van der Waals surface area contributed by atoms with Crippen LogP contribution in [0.2, 0.25) is 0 Å². The zero-order valence-electron chi connectivity index (χ0n) is 14.2. The van der Waals surface area contributed by atoms with Gasteiger partial charge in [-0.1, -0.05) is 23.2 Å². The van der Waals surface area contributed by atoms with Gasteiger partial charge in [0, 0.05) is 6.08 Å². The summed E-state index contributed by atoms with van der Waals surface area (Å²) in [5.41, 5.74) is 1.50. The molecule has 146 valence electrons. The Morgan fingerprint density at radius 3 is 2.41 bits per heavy atom. The summed E-state index contributed by atoms with van der Waals surface area (Å²) in [6.45, 7) is 0. The Kier molecular flexibility index (Phi) is 5.13. The number of aromatic hydroxyl groups is 1. The SMILES string of the molecule is O=C(O)c1ccc(-n2c(O)c(/C=c3\ccc(=C4N=C(Cl)C(Cl)=N4)o3)sc2=S)cc1. The van der Waals surface area contributed by atoms with Gasteiger partial charge in [-0.25, -0.2) is 14.8 Å². The molecule has 3 aromatic rings. The average molecular weight is 466 g/mol. The lowest BCUT2D eigenvalue weighted by molar-refractivity contribution is 0.0697. The second-order valence-electron chi connectivity index (χ2n) is 5.72. The molecule has 0 saturated heterocycles. The Balaban J connectivity index is 1.75. The average Bonchev–Trinajstić information content (AvgIpc) is 3.35. The summed E-state index contributed by atoms with van der Waals surface area (Å²) in [4.78, 5) is 19.5. The molecule has 2 N–H and O–H groups in total. The molecule has 4 rings (SSSR count). The highest BCUT2D eigenvalue weighted by molar-refractivity contribution is 7.73. The van der Waals surface area contributed by atoms with E-state index in [0.29, 0.717) is 25.3 Å². The maximum atomic E-state index is 11.0. The molecule has 2 aromatic heterocycles. The normalized spacial score (nSPS) is 14.3. The summed E-state index contributed by atoms with van der Waals surface area (Å²) in [5, 5.41) is 19.8. The maximum absolute atomic E-state index is 11.0. The Morgan fingerprint density at radius 1 is 1.14 bits per heavy atom. The lowest BCUT2D eigenvalue weighted by Gasteiger charge is -2.05. The van der Waals surface area contributed by atoms with Crippen LogP contribution in [0.3, 0.4) is 0 Å². The van der Waals surface area contributed by atoms with E-state index in [-0.39, 0.29) is 27.6 Å². The van der Waals surface area contributed by atoms with Crippen molar-refractivity contribution in [2.45, 2.75) is 0 Å². The minimum absolute atomic E-state index is 0.0864. The number of halogens is 2. The second kappa shape index (κ2) is 7.60. The number of thiazole rings is 1. The van der Waals surface area contributed by atoms with E-state index in [2.05, 4.69) is 9.98 Å². The Bertz CT molecular complexity index is 1360. The molecule has 0 amide bonds. The highest BCUT2D eigenvalue weighted by Gasteiger charge is 2.15. The van der Waals surface area contributed by atoms with E-state index in [0.717, 1.165) is 0 Å². The molecular formula is C18H9Cl2N3O4S2. The molecule has 0 spiro atoms. The van der Waals surface area contributed by atoms with Gasteiger partial charge in [-0.05, 0) is 48.6 Å². The van der Waals surface area contributed by atoms with Crippen LogP contribution in [0.5, 0.6) is 5.88 Å². The Morgan fingerprint density at radius 2 is 1.79 bits per heavy atom. The van der Waals surface area contributed by atoms with Gasteiger partial charge in [0.25, 0.3) is 0 Å². The predicted octanol–water partition coefficient (Wildman–Crippen LogP) is 3.45. The van der Waals surface area contributed by atoms with Crippen LogP contribution in [0.4, 0.5) is 0 Å². The van der Waals surface area contributed by atoms with Crippen molar-refractivity contribution in [2.75, 3.05) is 0 Å². The van der Waals surface area contributed by atoms with Crippen molar-refractivity contribution in [2.24, 2.45) is 9.98 Å². The molecule has 7 nitrogen and oxygen atoms in total. The Labute approximate surface area is 181 Å². The van der Waals surface area contributed by atoms with Gasteiger partial charge in [-0.2, -0.15) is 0 Å². The molecule has 1 aliphatic rings. The molecule has 0 radical (unpaired) electrons. The molecule has 3 heterocycles. The van der Waals surface area contributed by atoms with Crippen molar-refractivity contribution in [3.05, 3.63) is 61.6 Å². The standard InChI is InChI=1S/C18H9Cl2N3O4S2/c19-13-14(20)22-15(21-13)11-6-5-10(27-11)7-12-16(24)23(18(28)29-12)9-3-1-8(2-4-9)17(25)26/h1-7,24H,(H,25,26)/b10-7+. The van der Waals surface area contributed by atoms with E-state index in [1.54, 1.807) is 30.3 Å². The first kappa shape index (κ1) is 19.6. The maximum Gasteiger partial charge on any atom is 0.335 e.